The summed E-state index contributed by atoms with van der Waals surface area (Å²) in [4.78, 5) is 26.1. The van der Waals surface area contributed by atoms with Gasteiger partial charge in [-0.05, 0) is 30.2 Å². The number of carbonyl (C=O) groups excluding carboxylic acids is 2. The number of benzene rings is 2. The highest BCUT2D eigenvalue weighted by molar-refractivity contribution is 6.01. The molecule has 3 rings (SSSR count). The molecule has 24 heavy (non-hydrogen) atoms. The average molecular weight is 327 g/mol. The summed E-state index contributed by atoms with van der Waals surface area (Å²) in [5.41, 5.74) is 0.0773. The molecule has 1 saturated heterocycles. The fourth-order valence-electron chi connectivity index (χ4n) is 3.13. The average Bonchev–Trinajstić information content (AvgIpc) is 2.60. The predicted octanol–water partition coefficient (Wildman–Crippen LogP) is 2.96. The van der Waals surface area contributed by atoms with Crippen molar-refractivity contribution in [3.05, 3.63) is 42.0 Å². The van der Waals surface area contributed by atoms with Crippen LogP contribution >= 0.6 is 0 Å². The highest BCUT2D eigenvalue weighted by atomic mass is 16.5. The predicted molar refractivity (Wildman–Crippen MR) is 90.9 cm³/mol. The van der Waals surface area contributed by atoms with Crippen LogP contribution in [-0.2, 0) is 9.53 Å². The Kier molecular flexibility index (Phi) is 4.69. The Bertz CT molecular complexity index is 771. The van der Waals surface area contributed by atoms with Gasteiger partial charge in [0.25, 0.3) is 5.91 Å². The number of hydrogen-bond donors (Lipinski definition) is 1. The minimum Gasteiger partial charge on any atom is -0.506 e. The van der Waals surface area contributed by atoms with Gasteiger partial charge < -0.3 is 14.7 Å². The minimum atomic E-state index is -0.684. The fraction of sp³-hybridized carbons (Fsp3) is 0.368. The zero-order chi connectivity index (χ0) is 17.1. The molecule has 0 aliphatic carbocycles. The number of aromatic hydroxyl groups is 1. The molecular weight excluding hydrogens is 306 g/mol. The lowest BCUT2D eigenvalue weighted by Crippen LogP contribution is -2.41. The van der Waals surface area contributed by atoms with Gasteiger partial charge in [-0.25, -0.2) is 4.79 Å². The first-order valence-corrected chi connectivity index (χ1v) is 8.22. The van der Waals surface area contributed by atoms with Crippen LogP contribution in [0, 0.1) is 5.92 Å². The lowest BCUT2D eigenvalue weighted by Gasteiger charge is -2.30. The van der Waals surface area contributed by atoms with Gasteiger partial charge in [-0.15, -0.1) is 0 Å². The Labute approximate surface area is 140 Å². The standard InChI is InChI=1S/C19H21NO4/c1-13-5-4-10-20(11-13)17(21)12-24-19(23)16-9-8-14-6-2-3-7-15(14)18(16)22/h2-3,6-9,13,22H,4-5,10-12H2,1H3. The third kappa shape index (κ3) is 3.35. The number of fused-ring (bicyclic) bond motifs is 1. The normalized spacial score (nSPS) is 17.7. The second-order valence-corrected chi connectivity index (χ2v) is 6.35. The zero-order valence-electron chi connectivity index (χ0n) is 13.7. The number of phenolic OH excluding ortho intramolecular Hbond substituents is 1. The van der Waals surface area contributed by atoms with Crippen molar-refractivity contribution in [2.75, 3.05) is 19.7 Å². The molecule has 5 heteroatoms. The molecule has 0 spiro atoms. The van der Waals surface area contributed by atoms with Gasteiger partial charge >= 0.3 is 5.97 Å². The molecule has 5 nitrogen and oxygen atoms in total. The maximum atomic E-state index is 12.2. The number of carbonyl (C=O) groups is 2. The lowest BCUT2D eigenvalue weighted by molar-refractivity contribution is -0.136. The molecular formula is C19H21NO4. The van der Waals surface area contributed by atoms with Crippen LogP contribution in [0.2, 0.25) is 0 Å². The molecule has 1 atom stereocenters. The van der Waals surface area contributed by atoms with Crippen molar-refractivity contribution in [2.45, 2.75) is 19.8 Å². The van der Waals surface area contributed by atoms with Gasteiger partial charge in [0.15, 0.2) is 6.61 Å². The Morgan fingerprint density at radius 3 is 2.83 bits per heavy atom. The van der Waals surface area contributed by atoms with Crippen molar-refractivity contribution in [1.82, 2.24) is 4.90 Å². The van der Waals surface area contributed by atoms with Gasteiger partial charge in [-0.3, -0.25) is 4.79 Å². The number of nitrogens with zero attached hydrogens (tertiary/aromatic N) is 1. The van der Waals surface area contributed by atoms with Crippen molar-refractivity contribution < 1.29 is 19.4 Å². The van der Waals surface area contributed by atoms with Crippen LogP contribution in [0.25, 0.3) is 10.8 Å². The summed E-state index contributed by atoms with van der Waals surface area (Å²) in [5, 5.41) is 11.7. The van der Waals surface area contributed by atoms with Crippen molar-refractivity contribution in [2.24, 2.45) is 5.92 Å². The van der Waals surface area contributed by atoms with E-state index in [4.69, 9.17) is 4.74 Å². The highest BCUT2D eigenvalue weighted by Gasteiger charge is 2.23. The van der Waals surface area contributed by atoms with E-state index in [1.54, 1.807) is 23.1 Å². The van der Waals surface area contributed by atoms with Crippen LogP contribution < -0.4 is 0 Å². The first-order chi connectivity index (χ1) is 11.6. The van der Waals surface area contributed by atoms with E-state index in [0.717, 1.165) is 18.2 Å². The van der Waals surface area contributed by atoms with Gasteiger partial charge in [0.2, 0.25) is 0 Å². The maximum Gasteiger partial charge on any atom is 0.342 e. The van der Waals surface area contributed by atoms with E-state index in [0.29, 0.717) is 24.4 Å². The molecule has 0 bridgehead atoms. The third-order valence-corrected chi connectivity index (χ3v) is 4.46. The molecule has 0 radical (unpaired) electrons. The van der Waals surface area contributed by atoms with Crippen LogP contribution in [0.5, 0.6) is 5.75 Å². The van der Waals surface area contributed by atoms with Crippen LogP contribution in [0.4, 0.5) is 0 Å². The van der Waals surface area contributed by atoms with Crippen LogP contribution in [0.15, 0.2) is 36.4 Å². The molecule has 1 unspecified atom stereocenters. The van der Waals surface area contributed by atoms with Crippen LogP contribution in [0.1, 0.15) is 30.1 Å². The van der Waals surface area contributed by atoms with E-state index in [1.807, 2.05) is 12.1 Å². The zero-order valence-corrected chi connectivity index (χ0v) is 13.7. The van der Waals surface area contributed by atoms with Gasteiger partial charge in [0.1, 0.15) is 11.3 Å². The lowest BCUT2D eigenvalue weighted by atomic mass is 10.0. The number of piperidine rings is 1. The minimum absolute atomic E-state index is 0.0773. The topological polar surface area (TPSA) is 66.8 Å². The molecule has 0 aromatic heterocycles. The number of ether oxygens (including phenoxy) is 1. The molecule has 0 saturated carbocycles. The Hall–Kier alpha value is -2.56. The smallest absolute Gasteiger partial charge is 0.342 e. The molecule has 2 aromatic rings. The first-order valence-electron chi connectivity index (χ1n) is 8.22. The van der Waals surface area contributed by atoms with Crippen molar-refractivity contribution in [3.63, 3.8) is 0 Å². The van der Waals surface area contributed by atoms with Crippen molar-refractivity contribution >= 4 is 22.6 Å². The summed E-state index contributed by atoms with van der Waals surface area (Å²) in [5.74, 6) is -0.507. The van der Waals surface area contributed by atoms with Gasteiger partial charge in [0, 0.05) is 18.5 Å². The SMILES string of the molecule is CC1CCCN(C(=O)COC(=O)c2ccc3ccccc3c2O)C1. The van der Waals surface area contributed by atoms with Crippen LogP contribution in [0.3, 0.4) is 0 Å². The molecule has 1 aliphatic heterocycles. The summed E-state index contributed by atoms with van der Waals surface area (Å²) < 4.78 is 5.12. The molecule has 1 amide bonds. The summed E-state index contributed by atoms with van der Waals surface area (Å²) in [7, 11) is 0. The molecule has 1 heterocycles. The molecule has 126 valence electrons. The Morgan fingerprint density at radius 1 is 1.25 bits per heavy atom. The number of esters is 1. The van der Waals surface area contributed by atoms with E-state index in [1.165, 1.54) is 6.07 Å². The quantitative estimate of drug-likeness (QED) is 0.880. The number of likely N-dealkylation sites (tertiary alicyclic amines) is 1. The third-order valence-electron chi connectivity index (χ3n) is 4.46. The molecule has 2 aromatic carbocycles. The van der Waals surface area contributed by atoms with E-state index in [9.17, 15) is 14.7 Å². The molecule has 1 N–H and O–H groups in total. The fourth-order valence-corrected chi connectivity index (χ4v) is 3.13. The summed E-state index contributed by atoms with van der Waals surface area (Å²) >= 11 is 0. The van der Waals surface area contributed by atoms with Crippen molar-refractivity contribution in [3.8, 4) is 5.75 Å². The molecule has 1 fully saturated rings. The summed E-state index contributed by atoms with van der Waals surface area (Å²) in [6.45, 7) is 3.23. The number of hydrogen-bond acceptors (Lipinski definition) is 4. The number of phenols is 1. The number of rotatable bonds is 3. The van der Waals surface area contributed by atoms with Gasteiger partial charge in [-0.2, -0.15) is 0 Å². The second-order valence-electron chi connectivity index (χ2n) is 6.35. The van der Waals surface area contributed by atoms with Crippen molar-refractivity contribution in [1.29, 1.82) is 0 Å². The summed E-state index contributed by atoms with van der Waals surface area (Å²) in [6, 6.07) is 10.5. The summed E-state index contributed by atoms with van der Waals surface area (Å²) in [6.07, 6.45) is 2.10. The number of amides is 1. The first kappa shape index (κ1) is 16.3. The van der Waals surface area contributed by atoms with E-state index >= 15 is 0 Å². The van der Waals surface area contributed by atoms with Gasteiger partial charge in [-0.1, -0.05) is 37.3 Å². The van der Waals surface area contributed by atoms with E-state index in [-0.39, 0.29) is 23.8 Å². The highest BCUT2D eigenvalue weighted by Crippen LogP contribution is 2.29. The van der Waals surface area contributed by atoms with Gasteiger partial charge in [0.05, 0.1) is 0 Å². The van der Waals surface area contributed by atoms with Crippen LogP contribution in [-0.4, -0.2) is 41.6 Å². The Balaban J connectivity index is 1.67. The maximum absolute atomic E-state index is 12.2. The monoisotopic (exact) mass is 327 g/mol. The Morgan fingerprint density at radius 2 is 2.04 bits per heavy atom. The van der Waals surface area contributed by atoms with E-state index < -0.39 is 5.97 Å². The molecule has 1 aliphatic rings. The largest absolute Gasteiger partial charge is 0.506 e. The van der Waals surface area contributed by atoms with E-state index in [2.05, 4.69) is 6.92 Å². The second kappa shape index (κ2) is 6.91.